The second kappa shape index (κ2) is 21.8. The Labute approximate surface area is 313 Å². The maximum atomic E-state index is 10.6. The molecule has 12 nitrogen and oxygen atoms in total. The number of para-hydroxylation sites is 1. The molecule has 4 aromatic rings. The van der Waals surface area contributed by atoms with Gasteiger partial charge >= 0.3 is 0 Å². The number of fused-ring (bicyclic) bond motifs is 4. The third kappa shape index (κ3) is 12.3. The van der Waals surface area contributed by atoms with Crippen LogP contribution in [-0.4, -0.2) is 69.5 Å². The van der Waals surface area contributed by atoms with Crippen molar-refractivity contribution >= 4 is 39.8 Å². The van der Waals surface area contributed by atoms with Gasteiger partial charge in [0.15, 0.2) is 0 Å². The number of alkyl halides is 1. The first-order valence-electron chi connectivity index (χ1n) is 18.5. The zero-order valence-corrected chi connectivity index (χ0v) is 31.0. The molecule has 0 aromatic heterocycles. The van der Waals surface area contributed by atoms with Gasteiger partial charge in [-0.3, -0.25) is 24.6 Å². The molecule has 5 N–H and O–H groups in total. The molecular weight excluding hydrogens is 677 g/mol. The molecule has 0 unspecified atom stereocenters. The minimum atomic E-state index is -1.00. The van der Waals surface area contributed by atoms with E-state index in [1.54, 1.807) is 24.3 Å². The fraction of sp³-hybridized carbons (Fsp3) is 0.400. The average molecular weight is 733 g/mol. The summed E-state index contributed by atoms with van der Waals surface area (Å²) in [5, 5.41) is 34.6. The molecule has 13 heteroatoms. The van der Waals surface area contributed by atoms with Crippen molar-refractivity contribution in [2.24, 2.45) is 0 Å². The zero-order valence-electron chi connectivity index (χ0n) is 32.0. The number of aliphatic hydroxyl groups is 1. The monoisotopic (exact) mass is 732 g/mol. The van der Waals surface area contributed by atoms with E-state index in [0.29, 0.717) is 0 Å². The fourth-order valence-corrected chi connectivity index (χ4v) is 6.61. The number of aliphatic hydroxyl groups excluding tert-OH is 1. The zero-order chi connectivity index (χ0) is 39.5. The van der Waals surface area contributed by atoms with Gasteiger partial charge in [-0.05, 0) is 91.8 Å². The smallest absolute Gasteiger partial charge is 0.271 e. The summed E-state index contributed by atoms with van der Waals surface area (Å²) < 4.78 is 15.5. The Hall–Kier alpha value is -5.43. The molecule has 4 heterocycles. The minimum absolute atomic E-state index is 0.160. The van der Waals surface area contributed by atoms with E-state index in [1.807, 2.05) is 25.2 Å². The van der Waals surface area contributed by atoms with Crippen molar-refractivity contribution in [3.63, 3.8) is 0 Å². The van der Waals surface area contributed by atoms with Gasteiger partial charge in [0, 0.05) is 100 Å². The van der Waals surface area contributed by atoms with Gasteiger partial charge in [0.2, 0.25) is 0 Å². The van der Waals surface area contributed by atoms with Crippen molar-refractivity contribution in [3.05, 3.63) is 121 Å². The average Bonchev–Trinajstić information content (AvgIpc) is 3.20. The van der Waals surface area contributed by atoms with Crippen molar-refractivity contribution in [3.8, 4) is 0 Å². The number of nitrogens with one attached hydrogen (secondary N) is 2. The van der Waals surface area contributed by atoms with Crippen LogP contribution >= 0.6 is 0 Å². The molecule has 0 saturated heterocycles. The predicted octanol–water partition coefficient (Wildman–Crippen LogP) is 7.82. The number of benzene rings is 4. The summed E-state index contributed by atoms with van der Waals surface area (Å²) in [6.45, 7) is 4.18. The number of nitro groups is 2. The van der Waals surface area contributed by atoms with Crippen LogP contribution in [0.1, 0.15) is 49.3 Å². The van der Waals surface area contributed by atoms with Crippen LogP contribution < -0.4 is 26.2 Å². The van der Waals surface area contributed by atoms with Crippen LogP contribution in [-0.2, 0) is 25.7 Å². The summed E-state index contributed by atoms with van der Waals surface area (Å²) in [5.74, 6) is 0. The summed E-state index contributed by atoms with van der Waals surface area (Å²) >= 11 is 0. The van der Waals surface area contributed by atoms with Crippen molar-refractivity contribution in [2.75, 3.05) is 80.7 Å². The molecule has 0 amide bonds. The van der Waals surface area contributed by atoms with Gasteiger partial charge in [0.1, 0.15) is 0 Å². The lowest BCUT2D eigenvalue weighted by Gasteiger charge is -2.27. The molecule has 286 valence electrons. The van der Waals surface area contributed by atoms with E-state index >= 15 is 0 Å². The summed E-state index contributed by atoms with van der Waals surface area (Å²) in [4.78, 5) is 24.7. The normalized spacial score (nSPS) is 14.5. The molecule has 8 rings (SSSR count). The second-order valence-corrected chi connectivity index (χ2v) is 12.8. The molecule has 0 aliphatic carbocycles. The lowest BCUT2D eigenvalue weighted by molar-refractivity contribution is -0.385. The quantitative estimate of drug-likeness (QED) is 0.0908. The topological polar surface area (TPSA) is 163 Å². The van der Waals surface area contributed by atoms with Crippen molar-refractivity contribution < 1.29 is 20.7 Å². The number of aryl methyl sites for hydroxylation is 4. The highest BCUT2D eigenvalue weighted by Gasteiger charge is 2.17. The third-order valence-corrected chi connectivity index (χ3v) is 9.29. The fourth-order valence-electron chi connectivity index (χ4n) is 6.61. The summed E-state index contributed by atoms with van der Waals surface area (Å²) in [6, 6.07) is 24.8. The van der Waals surface area contributed by atoms with Gasteiger partial charge in [-0.15, -0.1) is 0 Å². The van der Waals surface area contributed by atoms with E-state index in [4.69, 9.17) is 12.2 Å². The van der Waals surface area contributed by atoms with Gasteiger partial charge in [0.05, 0.1) is 18.4 Å². The lowest BCUT2D eigenvalue weighted by Crippen LogP contribution is -2.24. The number of nitrogen functional groups attached to an aromatic ring is 1. The number of hydrogen-bond acceptors (Lipinski definition) is 10. The molecule has 53 heavy (non-hydrogen) atoms. The number of hydrogen-bond donors (Lipinski definition) is 4. The highest BCUT2D eigenvalue weighted by atomic mass is 19.1. The number of anilines is 5. The van der Waals surface area contributed by atoms with Crippen LogP contribution in [0.3, 0.4) is 0 Å². The number of nitrogens with zero attached hydrogens (tertiary/aromatic N) is 4. The molecule has 0 radical (unpaired) electrons. The van der Waals surface area contributed by atoms with Gasteiger partial charge in [-0.1, -0.05) is 36.4 Å². The maximum absolute atomic E-state index is 10.6. The first kappa shape index (κ1) is 40.3. The Bertz CT molecular complexity index is 1770. The molecule has 4 aliphatic heterocycles. The van der Waals surface area contributed by atoms with Crippen LogP contribution in [0.25, 0.3) is 0 Å². The number of halogens is 1. The summed E-state index contributed by atoms with van der Waals surface area (Å²) in [6.07, 6.45) is 9.23. The van der Waals surface area contributed by atoms with Crippen molar-refractivity contribution in [1.29, 1.82) is 0 Å². The molecule has 0 atom stereocenters. The molecule has 0 bridgehead atoms. The second-order valence-electron chi connectivity index (χ2n) is 12.8. The molecular formula is C40H54FN7O5. The molecule has 0 fully saturated rings. The number of nitro benzene ring substituents is 2. The highest BCUT2D eigenvalue weighted by Crippen LogP contribution is 2.30. The first-order valence-corrected chi connectivity index (χ1v) is 17.8. The number of nitrogens with two attached hydrogens (primary N) is 1. The number of non-ortho nitro benzene ring substituents is 2. The molecule has 0 spiro atoms. The van der Waals surface area contributed by atoms with Crippen LogP contribution in [0.5, 0.6) is 0 Å². The predicted molar refractivity (Wildman–Crippen MR) is 215 cm³/mol. The lowest BCUT2D eigenvalue weighted by atomic mass is 10.0. The van der Waals surface area contributed by atoms with Gasteiger partial charge in [-0.25, -0.2) is 0 Å². The van der Waals surface area contributed by atoms with E-state index in [-0.39, 0.29) is 21.2 Å². The Balaban J connectivity index is 0.000000187. The van der Waals surface area contributed by atoms with Crippen molar-refractivity contribution in [1.82, 2.24) is 0 Å². The van der Waals surface area contributed by atoms with Crippen molar-refractivity contribution in [2.45, 2.75) is 51.4 Å². The maximum Gasteiger partial charge on any atom is 0.271 e. The van der Waals surface area contributed by atoms with Gasteiger partial charge < -0.3 is 31.3 Å². The van der Waals surface area contributed by atoms with E-state index in [2.05, 4.69) is 63.9 Å². The van der Waals surface area contributed by atoms with Crippen LogP contribution in [0.4, 0.5) is 44.2 Å². The van der Waals surface area contributed by atoms with Crippen LogP contribution in [0.2, 0.25) is 0 Å². The Morgan fingerprint density at radius 3 is 1.70 bits per heavy atom. The summed E-state index contributed by atoms with van der Waals surface area (Å²) in [7, 11) is 4.10. The van der Waals surface area contributed by atoms with E-state index in [1.165, 1.54) is 59.3 Å². The SMILES string of the molecule is CN1CCCc2ccc(N)cc21.CN1CCCc2ccc([N+](=O)[O-])cc21.CO.O=[N+]([O-])c1ccc2c(c1)NCCC2.[2H]CF.c1ccc2c(c1)CCCN2. The first-order chi connectivity index (χ1) is 26.1. The standard InChI is InChI=1S/C10H12N2O2.C10H14N2.C9H10N2O2.C9H11N.CH3F.CH4O/c1-11-6-2-3-8-4-5-9(12(13)14)7-10(8)11;1-12-6-2-3-8-4-5-9(11)7-10(8)12;12-11(13)8-4-3-7-2-1-5-10-9(7)6-8;1-2-6-9-8(4-1)5-3-7-10-9;2*1-2/h4-5,7H,2-3,6H2,1H3;4-5,7H,2-3,6,11H2,1H3;3-4,6,10H,1-2,5H2;1-2,4,6,10H,3,5,7H2;1H3;2H,1H3/i;;;;1D;. The largest absolute Gasteiger partial charge is 0.400 e. The van der Waals surface area contributed by atoms with Gasteiger partial charge in [-0.2, -0.15) is 0 Å². The summed E-state index contributed by atoms with van der Waals surface area (Å²) in [5.41, 5.74) is 16.8. The molecule has 4 aliphatic rings. The third-order valence-electron chi connectivity index (χ3n) is 9.29. The van der Waals surface area contributed by atoms with Crippen LogP contribution in [0.15, 0.2) is 78.9 Å². The molecule has 0 saturated carbocycles. The highest BCUT2D eigenvalue weighted by molar-refractivity contribution is 5.62. The Morgan fingerprint density at radius 1 is 0.679 bits per heavy atom. The van der Waals surface area contributed by atoms with E-state index in [9.17, 15) is 24.6 Å². The minimum Gasteiger partial charge on any atom is -0.400 e. The Kier molecular flexibility index (Phi) is 16.6. The Morgan fingerprint density at radius 2 is 1.13 bits per heavy atom. The number of rotatable bonds is 2. The van der Waals surface area contributed by atoms with Crippen LogP contribution in [0, 0.1) is 20.2 Å². The van der Waals surface area contributed by atoms with E-state index in [0.717, 1.165) is 76.0 Å². The van der Waals surface area contributed by atoms with E-state index < -0.39 is 7.15 Å². The molecule has 4 aromatic carbocycles. The van der Waals surface area contributed by atoms with Gasteiger partial charge in [0.25, 0.3) is 11.4 Å².